The van der Waals surface area contributed by atoms with Gasteiger partial charge in [-0.25, -0.2) is 0 Å². The molecule has 1 aromatic carbocycles. The molecule has 0 saturated carbocycles. The summed E-state index contributed by atoms with van der Waals surface area (Å²) in [6.45, 7) is 7.26. The van der Waals surface area contributed by atoms with E-state index >= 15 is 0 Å². The van der Waals surface area contributed by atoms with Gasteiger partial charge in [0.1, 0.15) is 0 Å². The fourth-order valence-corrected chi connectivity index (χ4v) is 1.58. The zero-order valence-corrected chi connectivity index (χ0v) is 8.80. The largest absolute Gasteiger partial charge is 0.326 e. The molecule has 0 unspecified atom stereocenters. The van der Waals surface area contributed by atoms with Crippen molar-refractivity contribution in [2.45, 2.75) is 33.7 Å². The molecule has 1 heteroatoms. The van der Waals surface area contributed by atoms with Crippen LogP contribution in [0.3, 0.4) is 0 Å². The fourth-order valence-electron chi connectivity index (χ4n) is 1.58. The van der Waals surface area contributed by atoms with Gasteiger partial charge in [0.2, 0.25) is 0 Å². The topological polar surface area (TPSA) is 26.0 Å². The highest BCUT2D eigenvalue weighted by Crippen LogP contribution is 2.15. The lowest BCUT2D eigenvalue weighted by molar-refractivity contribution is 0.642. The monoisotopic (exact) mass is 177 g/mol. The van der Waals surface area contributed by atoms with Crippen LogP contribution in [0.5, 0.6) is 0 Å². The minimum atomic E-state index is 0.655. The molecule has 0 radical (unpaired) electrons. The number of hydrogen-bond donors (Lipinski definition) is 1. The van der Waals surface area contributed by atoms with Gasteiger partial charge in [0, 0.05) is 6.54 Å². The molecule has 2 N–H and O–H groups in total. The van der Waals surface area contributed by atoms with Crippen molar-refractivity contribution in [3.05, 3.63) is 34.9 Å². The van der Waals surface area contributed by atoms with E-state index in [4.69, 9.17) is 5.73 Å². The van der Waals surface area contributed by atoms with Crippen molar-refractivity contribution in [2.24, 2.45) is 11.7 Å². The average Bonchev–Trinajstić information content (AvgIpc) is 2.03. The van der Waals surface area contributed by atoms with E-state index in [1.165, 1.54) is 16.7 Å². The van der Waals surface area contributed by atoms with Gasteiger partial charge in [-0.05, 0) is 30.4 Å². The molecule has 0 bridgehead atoms. The molecule has 0 aliphatic rings. The molecule has 0 fully saturated rings. The Kier molecular flexibility index (Phi) is 3.49. The molecule has 1 rings (SSSR count). The Hall–Kier alpha value is -0.820. The molecule has 13 heavy (non-hydrogen) atoms. The molecule has 1 aromatic rings. The van der Waals surface area contributed by atoms with Crippen LogP contribution in [0.1, 0.15) is 30.5 Å². The standard InChI is InChI=1S/C12H19N/c1-9(2)6-12-7-10(3)4-5-11(12)8-13/h4-5,7,9H,6,8,13H2,1-3H3. The fraction of sp³-hybridized carbons (Fsp3) is 0.500. The van der Waals surface area contributed by atoms with E-state index in [-0.39, 0.29) is 0 Å². The van der Waals surface area contributed by atoms with Gasteiger partial charge >= 0.3 is 0 Å². The van der Waals surface area contributed by atoms with Crippen LogP contribution in [0.15, 0.2) is 18.2 Å². The van der Waals surface area contributed by atoms with Crippen molar-refractivity contribution >= 4 is 0 Å². The molecule has 0 heterocycles. The van der Waals surface area contributed by atoms with Crippen molar-refractivity contribution in [3.63, 3.8) is 0 Å². The molecule has 0 aliphatic carbocycles. The third-order valence-corrected chi connectivity index (χ3v) is 2.21. The normalized spacial score (nSPS) is 10.8. The van der Waals surface area contributed by atoms with Gasteiger partial charge in [-0.2, -0.15) is 0 Å². The predicted molar refractivity (Wildman–Crippen MR) is 57.6 cm³/mol. The van der Waals surface area contributed by atoms with Crippen LogP contribution in [-0.2, 0) is 13.0 Å². The zero-order chi connectivity index (χ0) is 9.84. The van der Waals surface area contributed by atoms with Crippen molar-refractivity contribution < 1.29 is 0 Å². The Morgan fingerprint density at radius 3 is 2.46 bits per heavy atom. The second kappa shape index (κ2) is 4.43. The Labute approximate surface area is 81.0 Å². The van der Waals surface area contributed by atoms with Gasteiger partial charge in [-0.3, -0.25) is 0 Å². The lowest BCUT2D eigenvalue weighted by atomic mass is 9.96. The molecule has 0 spiro atoms. The summed E-state index contributed by atoms with van der Waals surface area (Å²) >= 11 is 0. The maximum absolute atomic E-state index is 5.68. The highest BCUT2D eigenvalue weighted by Gasteiger charge is 2.03. The van der Waals surface area contributed by atoms with Crippen molar-refractivity contribution in [1.29, 1.82) is 0 Å². The van der Waals surface area contributed by atoms with E-state index in [0.29, 0.717) is 12.5 Å². The second-order valence-electron chi connectivity index (χ2n) is 4.07. The molecule has 0 aromatic heterocycles. The Balaban J connectivity index is 2.94. The first kappa shape index (κ1) is 10.3. The molecule has 0 aliphatic heterocycles. The zero-order valence-electron chi connectivity index (χ0n) is 8.80. The molecule has 1 nitrogen and oxygen atoms in total. The highest BCUT2D eigenvalue weighted by molar-refractivity contribution is 5.31. The molecule has 0 saturated heterocycles. The third-order valence-electron chi connectivity index (χ3n) is 2.21. The van der Waals surface area contributed by atoms with Gasteiger partial charge in [-0.15, -0.1) is 0 Å². The summed E-state index contributed by atoms with van der Waals surface area (Å²) in [5.41, 5.74) is 9.71. The number of rotatable bonds is 3. The number of benzene rings is 1. The number of nitrogens with two attached hydrogens (primary N) is 1. The van der Waals surface area contributed by atoms with Gasteiger partial charge in [0.05, 0.1) is 0 Å². The summed E-state index contributed by atoms with van der Waals surface area (Å²) in [6.07, 6.45) is 1.13. The van der Waals surface area contributed by atoms with Gasteiger partial charge in [-0.1, -0.05) is 37.6 Å². The SMILES string of the molecule is Cc1ccc(CN)c(CC(C)C)c1. The first-order valence-corrected chi connectivity index (χ1v) is 4.92. The molecular weight excluding hydrogens is 158 g/mol. The van der Waals surface area contributed by atoms with Crippen LogP contribution in [0.2, 0.25) is 0 Å². The van der Waals surface area contributed by atoms with Crippen LogP contribution in [0, 0.1) is 12.8 Å². The summed E-state index contributed by atoms with van der Waals surface area (Å²) in [7, 11) is 0. The van der Waals surface area contributed by atoms with Gasteiger partial charge < -0.3 is 5.73 Å². The summed E-state index contributed by atoms with van der Waals surface area (Å²) in [5, 5.41) is 0. The number of hydrogen-bond acceptors (Lipinski definition) is 1. The van der Waals surface area contributed by atoms with Gasteiger partial charge in [0.25, 0.3) is 0 Å². The predicted octanol–water partition coefficient (Wildman–Crippen LogP) is 2.65. The van der Waals surface area contributed by atoms with Gasteiger partial charge in [0.15, 0.2) is 0 Å². The smallest absolute Gasteiger partial charge is 0.0180 e. The van der Waals surface area contributed by atoms with Crippen LogP contribution in [0.25, 0.3) is 0 Å². The Morgan fingerprint density at radius 2 is 1.92 bits per heavy atom. The highest BCUT2D eigenvalue weighted by atomic mass is 14.5. The van der Waals surface area contributed by atoms with Crippen molar-refractivity contribution in [3.8, 4) is 0 Å². The number of aryl methyl sites for hydroxylation is 1. The van der Waals surface area contributed by atoms with E-state index in [1.54, 1.807) is 0 Å². The van der Waals surface area contributed by atoms with Crippen LogP contribution >= 0.6 is 0 Å². The van der Waals surface area contributed by atoms with Crippen molar-refractivity contribution in [2.75, 3.05) is 0 Å². The minimum Gasteiger partial charge on any atom is -0.326 e. The van der Waals surface area contributed by atoms with E-state index < -0.39 is 0 Å². The Morgan fingerprint density at radius 1 is 1.23 bits per heavy atom. The van der Waals surface area contributed by atoms with E-state index in [9.17, 15) is 0 Å². The third kappa shape index (κ3) is 2.85. The summed E-state index contributed by atoms with van der Waals surface area (Å²) in [4.78, 5) is 0. The van der Waals surface area contributed by atoms with Crippen LogP contribution in [-0.4, -0.2) is 0 Å². The maximum atomic E-state index is 5.68. The maximum Gasteiger partial charge on any atom is 0.0180 e. The van der Waals surface area contributed by atoms with Crippen LogP contribution < -0.4 is 5.73 Å². The lowest BCUT2D eigenvalue weighted by Gasteiger charge is -2.10. The second-order valence-corrected chi connectivity index (χ2v) is 4.07. The lowest BCUT2D eigenvalue weighted by Crippen LogP contribution is -2.04. The Bertz CT molecular complexity index is 276. The van der Waals surface area contributed by atoms with Crippen LogP contribution in [0.4, 0.5) is 0 Å². The average molecular weight is 177 g/mol. The van der Waals surface area contributed by atoms with Crippen molar-refractivity contribution in [1.82, 2.24) is 0 Å². The first-order chi connectivity index (χ1) is 6.13. The molecule has 0 atom stereocenters. The van der Waals surface area contributed by atoms with E-state index in [0.717, 1.165) is 6.42 Å². The summed E-state index contributed by atoms with van der Waals surface area (Å²) in [6, 6.07) is 6.53. The molecule has 0 amide bonds. The first-order valence-electron chi connectivity index (χ1n) is 4.92. The molecular formula is C12H19N. The summed E-state index contributed by atoms with van der Waals surface area (Å²) in [5.74, 6) is 0.701. The summed E-state index contributed by atoms with van der Waals surface area (Å²) < 4.78 is 0. The molecule has 72 valence electrons. The minimum absolute atomic E-state index is 0.655. The quantitative estimate of drug-likeness (QED) is 0.754. The van der Waals surface area contributed by atoms with E-state index in [1.807, 2.05) is 0 Å². The van der Waals surface area contributed by atoms with E-state index in [2.05, 4.69) is 39.0 Å².